The van der Waals surface area contributed by atoms with Gasteiger partial charge in [-0.1, -0.05) is 78.1 Å². The standard InChI is InChI=1S/C19H39NO2S/c1-3-5-7-9-12-16-19(15-11-8-6-4-2)23(21,22)20-17-13-10-14-18-20/h19H,3-18H2,1-2H3. The Hall–Kier alpha value is -0.0900. The highest BCUT2D eigenvalue weighted by atomic mass is 32.2. The maximum Gasteiger partial charge on any atom is 0.216 e. The molecule has 0 N–H and O–H groups in total. The summed E-state index contributed by atoms with van der Waals surface area (Å²) in [6, 6.07) is 0. The third-order valence-corrected chi connectivity index (χ3v) is 7.50. The smallest absolute Gasteiger partial charge is 0.212 e. The van der Waals surface area contributed by atoms with Crippen molar-refractivity contribution in [2.45, 2.75) is 109 Å². The van der Waals surface area contributed by atoms with Crippen LogP contribution in [-0.2, 0) is 10.0 Å². The minimum atomic E-state index is -3.07. The van der Waals surface area contributed by atoms with E-state index in [1.807, 2.05) is 0 Å². The Morgan fingerprint density at radius 2 is 1.22 bits per heavy atom. The van der Waals surface area contributed by atoms with Gasteiger partial charge in [-0.3, -0.25) is 0 Å². The molecule has 3 nitrogen and oxygen atoms in total. The topological polar surface area (TPSA) is 37.4 Å². The molecule has 0 spiro atoms. The first kappa shape index (κ1) is 21.0. The SMILES string of the molecule is CCCCCCCC(CCCCCC)S(=O)(=O)N1CCCCC1. The molecule has 4 heteroatoms. The second-order valence-electron chi connectivity index (χ2n) is 7.18. The summed E-state index contributed by atoms with van der Waals surface area (Å²) in [5.74, 6) is 0. The first-order valence-electron chi connectivity index (χ1n) is 10.1. The molecule has 1 unspecified atom stereocenters. The Morgan fingerprint density at radius 3 is 1.74 bits per heavy atom. The summed E-state index contributed by atoms with van der Waals surface area (Å²) in [5, 5.41) is -0.126. The zero-order valence-electron chi connectivity index (χ0n) is 15.6. The minimum Gasteiger partial charge on any atom is -0.212 e. The molecule has 1 aliphatic rings. The van der Waals surface area contributed by atoms with Crippen LogP contribution in [-0.4, -0.2) is 31.1 Å². The highest BCUT2D eigenvalue weighted by Crippen LogP contribution is 2.24. The van der Waals surface area contributed by atoms with Crippen LogP contribution in [0.4, 0.5) is 0 Å². The average Bonchev–Trinajstić information content (AvgIpc) is 2.57. The van der Waals surface area contributed by atoms with E-state index in [9.17, 15) is 8.42 Å². The predicted octanol–water partition coefficient (Wildman–Crippen LogP) is 5.50. The maximum absolute atomic E-state index is 13.0. The van der Waals surface area contributed by atoms with Crippen LogP contribution in [0.2, 0.25) is 0 Å². The number of sulfonamides is 1. The second kappa shape index (κ2) is 12.3. The van der Waals surface area contributed by atoms with Crippen molar-refractivity contribution >= 4 is 10.0 Å². The molecule has 0 amide bonds. The van der Waals surface area contributed by atoms with Crippen molar-refractivity contribution in [1.29, 1.82) is 0 Å². The molecule has 0 aliphatic carbocycles. The Morgan fingerprint density at radius 1 is 0.739 bits per heavy atom. The third-order valence-electron chi connectivity index (χ3n) is 5.11. The van der Waals surface area contributed by atoms with Gasteiger partial charge in [0.15, 0.2) is 0 Å². The second-order valence-corrected chi connectivity index (χ2v) is 9.39. The van der Waals surface area contributed by atoms with Crippen LogP contribution in [0.15, 0.2) is 0 Å². The van der Waals surface area contributed by atoms with Crippen LogP contribution in [0, 0.1) is 0 Å². The van der Waals surface area contributed by atoms with Crippen molar-refractivity contribution in [3.8, 4) is 0 Å². The number of nitrogens with zero attached hydrogens (tertiary/aromatic N) is 1. The summed E-state index contributed by atoms with van der Waals surface area (Å²) in [6.45, 7) is 5.93. The van der Waals surface area contributed by atoms with Gasteiger partial charge in [0.25, 0.3) is 0 Å². The quantitative estimate of drug-likeness (QED) is 0.413. The fourth-order valence-corrected chi connectivity index (χ4v) is 5.66. The summed E-state index contributed by atoms with van der Waals surface area (Å²) in [5.41, 5.74) is 0. The van der Waals surface area contributed by atoms with Crippen LogP contribution >= 0.6 is 0 Å². The lowest BCUT2D eigenvalue weighted by Gasteiger charge is -2.30. The van der Waals surface area contributed by atoms with Crippen molar-refractivity contribution in [2.24, 2.45) is 0 Å². The summed E-state index contributed by atoms with van der Waals surface area (Å²) >= 11 is 0. The molecule has 1 atom stereocenters. The Balaban J connectivity index is 2.52. The molecule has 138 valence electrons. The number of hydrogen-bond acceptors (Lipinski definition) is 2. The molecule has 1 heterocycles. The molecule has 0 aromatic carbocycles. The van der Waals surface area contributed by atoms with Crippen LogP contribution in [0.5, 0.6) is 0 Å². The fraction of sp³-hybridized carbons (Fsp3) is 1.00. The van der Waals surface area contributed by atoms with Gasteiger partial charge < -0.3 is 0 Å². The molecule has 0 aromatic heterocycles. The molecule has 1 aliphatic heterocycles. The molecule has 1 saturated heterocycles. The van der Waals surface area contributed by atoms with E-state index in [-0.39, 0.29) is 5.25 Å². The normalized spacial score (nSPS) is 18.2. The predicted molar refractivity (Wildman–Crippen MR) is 100 cm³/mol. The van der Waals surface area contributed by atoms with E-state index in [4.69, 9.17) is 0 Å². The lowest BCUT2D eigenvalue weighted by molar-refractivity contribution is 0.338. The molecule has 0 radical (unpaired) electrons. The van der Waals surface area contributed by atoms with E-state index >= 15 is 0 Å². The van der Waals surface area contributed by atoms with Gasteiger partial charge in [-0.2, -0.15) is 0 Å². The largest absolute Gasteiger partial charge is 0.216 e. The summed E-state index contributed by atoms with van der Waals surface area (Å²) in [4.78, 5) is 0. The van der Waals surface area contributed by atoms with Gasteiger partial charge in [-0.25, -0.2) is 12.7 Å². The first-order chi connectivity index (χ1) is 11.1. The maximum atomic E-state index is 13.0. The third kappa shape index (κ3) is 8.02. The Bertz CT molecular complexity index is 375. The van der Waals surface area contributed by atoms with Crippen molar-refractivity contribution in [3.63, 3.8) is 0 Å². The van der Waals surface area contributed by atoms with Crippen LogP contribution in [0.25, 0.3) is 0 Å². The summed E-state index contributed by atoms with van der Waals surface area (Å²) < 4.78 is 27.8. The Labute approximate surface area is 145 Å². The van der Waals surface area contributed by atoms with Gasteiger partial charge in [0, 0.05) is 13.1 Å². The monoisotopic (exact) mass is 345 g/mol. The minimum absolute atomic E-state index is 0.126. The summed E-state index contributed by atoms with van der Waals surface area (Å²) in [7, 11) is -3.07. The zero-order valence-corrected chi connectivity index (χ0v) is 16.4. The fourth-order valence-electron chi connectivity index (χ4n) is 3.55. The number of piperidine rings is 1. The van der Waals surface area contributed by atoms with Crippen molar-refractivity contribution < 1.29 is 8.42 Å². The number of hydrogen-bond donors (Lipinski definition) is 0. The van der Waals surface area contributed by atoms with E-state index < -0.39 is 10.0 Å². The molecular weight excluding hydrogens is 306 g/mol. The van der Waals surface area contributed by atoms with Crippen molar-refractivity contribution in [3.05, 3.63) is 0 Å². The highest BCUT2D eigenvalue weighted by Gasteiger charge is 2.31. The molecule has 0 aromatic rings. The molecular formula is C19H39NO2S. The lowest BCUT2D eigenvalue weighted by atomic mass is 10.0. The molecule has 1 rings (SSSR count). The Kier molecular flexibility index (Phi) is 11.2. The lowest BCUT2D eigenvalue weighted by Crippen LogP contribution is -2.41. The van der Waals surface area contributed by atoms with Gasteiger partial charge in [-0.05, 0) is 25.7 Å². The van der Waals surface area contributed by atoms with Gasteiger partial charge >= 0.3 is 0 Å². The van der Waals surface area contributed by atoms with Gasteiger partial charge in [0.05, 0.1) is 5.25 Å². The molecule has 0 saturated carbocycles. The number of unbranched alkanes of at least 4 members (excludes halogenated alkanes) is 7. The highest BCUT2D eigenvalue weighted by molar-refractivity contribution is 7.89. The van der Waals surface area contributed by atoms with Gasteiger partial charge in [0.1, 0.15) is 0 Å². The molecule has 0 bridgehead atoms. The van der Waals surface area contributed by atoms with Crippen LogP contribution in [0.1, 0.15) is 104 Å². The van der Waals surface area contributed by atoms with E-state index in [0.29, 0.717) is 0 Å². The first-order valence-corrected chi connectivity index (χ1v) is 11.6. The number of rotatable bonds is 13. The van der Waals surface area contributed by atoms with Gasteiger partial charge in [-0.15, -0.1) is 0 Å². The summed E-state index contributed by atoms with van der Waals surface area (Å²) in [6.07, 6.45) is 15.7. The van der Waals surface area contributed by atoms with Crippen LogP contribution in [0.3, 0.4) is 0 Å². The van der Waals surface area contributed by atoms with Crippen molar-refractivity contribution in [2.75, 3.05) is 13.1 Å². The van der Waals surface area contributed by atoms with Crippen molar-refractivity contribution in [1.82, 2.24) is 4.31 Å². The van der Waals surface area contributed by atoms with Crippen LogP contribution < -0.4 is 0 Å². The molecule has 1 fully saturated rings. The van der Waals surface area contributed by atoms with E-state index in [1.165, 1.54) is 51.4 Å². The average molecular weight is 346 g/mol. The van der Waals surface area contributed by atoms with E-state index in [1.54, 1.807) is 4.31 Å². The van der Waals surface area contributed by atoms with E-state index in [0.717, 1.165) is 51.6 Å². The zero-order chi connectivity index (χ0) is 17.0. The van der Waals surface area contributed by atoms with E-state index in [2.05, 4.69) is 13.8 Å². The molecule has 23 heavy (non-hydrogen) atoms. The van der Waals surface area contributed by atoms with Gasteiger partial charge in [0.2, 0.25) is 10.0 Å².